The summed E-state index contributed by atoms with van der Waals surface area (Å²) in [4.78, 5) is 8.76. The number of ether oxygens (including phenoxy) is 2. The number of anilines is 1. The van der Waals surface area contributed by atoms with Crippen LogP contribution >= 0.6 is 11.8 Å². The van der Waals surface area contributed by atoms with Crippen molar-refractivity contribution in [2.75, 3.05) is 19.6 Å². The van der Waals surface area contributed by atoms with Crippen LogP contribution in [0.2, 0.25) is 0 Å². The molecule has 0 amide bonds. The van der Waals surface area contributed by atoms with Gasteiger partial charge in [-0.1, -0.05) is 42.1 Å². The predicted molar refractivity (Wildman–Crippen MR) is 109 cm³/mol. The first-order valence-corrected chi connectivity index (χ1v) is 9.28. The van der Waals surface area contributed by atoms with Crippen LogP contribution in [-0.4, -0.2) is 30.4 Å². The van der Waals surface area contributed by atoms with Gasteiger partial charge in [0.2, 0.25) is 0 Å². The van der Waals surface area contributed by atoms with Crippen LogP contribution in [0.15, 0.2) is 71.1 Å². The van der Waals surface area contributed by atoms with Gasteiger partial charge >= 0.3 is 0 Å². The van der Waals surface area contributed by atoms with Crippen LogP contribution in [-0.2, 0) is 5.75 Å². The van der Waals surface area contributed by atoms with Crippen LogP contribution in [0.25, 0.3) is 0 Å². The molecule has 1 aromatic heterocycles. The third-order valence-corrected chi connectivity index (χ3v) is 4.60. The molecule has 27 heavy (non-hydrogen) atoms. The first-order chi connectivity index (χ1) is 13.3. The minimum Gasteiger partial charge on any atom is -0.497 e. The molecule has 0 saturated carbocycles. The van der Waals surface area contributed by atoms with Crippen molar-refractivity contribution in [1.82, 2.24) is 9.97 Å². The van der Waals surface area contributed by atoms with Crippen LogP contribution in [0.4, 0.5) is 5.82 Å². The number of hydrazone groups is 1. The van der Waals surface area contributed by atoms with E-state index >= 15 is 0 Å². The highest BCUT2D eigenvalue weighted by Gasteiger charge is 2.03. The van der Waals surface area contributed by atoms with E-state index in [-0.39, 0.29) is 0 Å². The molecule has 0 atom stereocenters. The fourth-order valence-electron chi connectivity index (χ4n) is 2.29. The van der Waals surface area contributed by atoms with E-state index in [2.05, 4.69) is 32.6 Å². The smallest absolute Gasteiger partial charge is 0.189 e. The number of rotatable bonds is 8. The topological polar surface area (TPSA) is 68.6 Å². The minimum atomic E-state index is 0.629. The standard InChI is InChI=1S/C20H20N4O2S/c1-25-17-9-8-16(18(12-17)26-2)13-22-24-19-10-11-21-20(23-19)27-14-15-6-4-3-5-7-15/h3-13H,14H2,1-2H3,(H,21,23,24)/b22-13+. The fraction of sp³-hybridized carbons (Fsp3) is 0.150. The monoisotopic (exact) mass is 380 g/mol. The SMILES string of the molecule is COc1ccc(/C=N/Nc2ccnc(SCc3ccccc3)n2)c(OC)c1. The molecule has 3 aromatic rings. The maximum absolute atomic E-state index is 5.36. The Hall–Kier alpha value is -3.06. The zero-order valence-electron chi connectivity index (χ0n) is 15.1. The number of methoxy groups -OCH3 is 2. The van der Waals surface area contributed by atoms with Gasteiger partial charge in [0.1, 0.15) is 11.5 Å². The van der Waals surface area contributed by atoms with Gasteiger partial charge in [-0.05, 0) is 17.7 Å². The second-order valence-corrected chi connectivity index (χ2v) is 6.42. The zero-order chi connectivity index (χ0) is 18.9. The van der Waals surface area contributed by atoms with Crippen LogP contribution in [0.5, 0.6) is 11.5 Å². The lowest BCUT2D eigenvalue weighted by molar-refractivity contribution is 0.394. The molecule has 1 heterocycles. The number of hydrogen-bond donors (Lipinski definition) is 1. The molecule has 0 saturated heterocycles. The van der Waals surface area contributed by atoms with Gasteiger partial charge in [-0.3, -0.25) is 5.43 Å². The first kappa shape index (κ1) is 18.7. The van der Waals surface area contributed by atoms with E-state index in [1.807, 2.05) is 36.4 Å². The molecule has 1 N–H and O–H groups in total. The Balaban J connectivity index is 1.62. The van der Waals surface area contributed by atoms with Crippen molar-refractivity contribution in [1.29, 1.82) is 0 Å². The Bertz CT molecular complexity index is 903. The van der Waals surface area contributed by atoms with Crippen molar-refractivity contribution in [3.8, 4) is 11.5 Å². The summed E-state index contributed by atoms with van der Waals surface area (Å²) >= 11 is 1.58. The Morgan fingerprint density at radius 3 is 2.70 bits per heavy atom. The van der Waals surface area contributed by atoms with E-state index in [4.69, 9.17) is 9.47 Å². The normalized spacial score (nSPS) is 10.7. The summed E-state index contributed by atoms with van der Waals surface area (Å²) in [5.41, 5.74) is 4.99. The summed E-state index contributed by atoms with van der Waals surface area (Å²) in [5.74, 6) is 2.86. The van der Waals surface area contributed by atoms with Crippen molar-refractivity contribution in [3.63, 3.8) is 0 Å². The third-order valence-electron chi connectivity index (χ3n) is 3.67. The highest BCUT2D eigenvalue weighted by atomic mass is 32.2. The molecule has 2 aromatic carbocycles. The Morgan fingerprint density at radius 1 is 1.07 bits per heavy atom. The van der Waals surface area contributed by atoms with E-state index in [1.165, 1.54) is 5.56 Å². The Morgan fingerprint density at radius 2 is 1.93 bits per heavy atom. The van der Waals surface area contributed by atoms with Crippen molar-refractivity contribution in [2.45, 2.75) is 10.9 Å². The van der Waals surface area contributed by atoms with Gasteiger partial charge in [-0.25, -0.2) is 9.97 Å². The predicted octanol–water partition coefficient (Wildman–Crippen LogP) is 4.23. The molecular formula is C20H20N4O2S. The summed E-state index contributed by atoms with van der Waals surface area (Å²) in [5, 5.41) is 4.94. The van der Waals surface area contributed by atoms with Gasteiger partial charge in [0.05, 0.1) is 20.4 Å². The van der Waals surface area contributed by atoms with Gasteiger partial charge in [0.15, 0.2) is 11.0 Å². The molecule has 0 unspecified atom stereocenters. The minimum absolute atomic E-state index is 0.629. The number of thioether (sulfide) groups is 1. The average molecular weight is 380 g/mol. The van der Waals surface area contributed by atoms with E-state index in [1.54, 1.807) is 44.5 Å². The lowest BCUT2D eigenvalue weighted by Crippen LogP contribution is -1.97. The molecule has 0 aliphatic rings. The first-order valence-electron chi connectivity index (χ1n) is 8.29. The van der Waals surface area contributed by atoms with E-state index in [0.29, 0.717) is 16.7 Å². The molecule has 0 aliphatic heterocycles. The van der Waals surface area contributed by atoms with E-state index in [0.717, 1.165) is 17.1 Å². The molecule has 6 nitrogen and oxygen atoms in total. The Kier molecular flexibility index (Phi) is 6.65. The number of benzene rings is 2. The highest BCUT2D eigenvalue weighted by Crippen LogP contribution is 2.23. The van der Waals surface area contributed by atoms with Gasteiger partial charge in [-0.15, -0.1) is 0 Å². The average Bonchev–Trinajstić information content (AvgIpc) is 2.73. The molecule has 0 bridgehead atoms. The maximum atomic E-state index is 5.36. The summed E-state index contributed by atoms with van der Waals surface area (Å²) in [6, 6.07) is 17.5. The van der Waals surface area contributed by atoms with Crippen LogP contribution in [0.1, 0.15) is 11.1 Å². The van der Waals surface area contributed by atoms with Gasteiger partial charge < -0.3 is 9.47 Å². The van der Waals surface area contributed by atoms with Crippen LogP contribution < -0.4 is 14.9 Å². The van der Waals surface area contributed by atoms with Crippen LogP contribution in [0.3, 0.4) is 0 Å². The summed E-state index contributed by atoms with van der Waals surface area (Å²) in [6.45, 7) is 0. The van der Waals surface area contributed by atoms with E-state index < -0.39 is 0 Å². The summed E-state index contributed by atoms with van der Waals surface area (Å²) in [6.07, 6.45) is 3.39. The van der Waals surface area contributed by atoms with Gasteiger partial charge in [-0.2, -0.15) is 5.10 Å². The number of nitrogens with one attached hydrogen (secondary N) is 1. The number of nitrogens with zero attached hydrogens (tertiary/aromatic N) is 3. The lowest BCUT2D eigenvalue weighted by Gasteiger charge is -2.07. The summed E-state index contributed by atoms with van der Waals surface area (Å²) in [7, 11) is 3.23. The molecule has 138 valence electrons. The van der Waals surface area contributed by atoms with Crippen LogP contribution in [0, 0.1) is 0 Å². The highest BCUT2D eigenvalue weighted by molar-refractivity contribution is 7.98. The van der Waals surface area contributed by atoms with Crippen molar-refractivity contribution in [3.05, 3.63) is 71.9 Å². The molecular weight excluding hydrogens is 360 g/mol. The number of hydrogen-bond acceptors (Lipinski definition) is 7. The maximum Gasteiger partial charge on any atom is 0.189 e. The zero-order valence-corrected chi connectivity index (χ0v) is 15.9. The molecule has 0 fully saturated rings. The quantitative estimate of drug-likeness (QED) is 0.273. The Labute approximate surface area is 162 Å². The molecule has 0 radical (unpaired) electrons. The van der Waals surface area contributed by atoms with Crippen molar-refractivity contribution in [2.24, 2.45) is 5.10 Å². The second kappa shape index (κ2) is 9.59. The van der Waals surface area contributed by atoms with Gasteiger partial charge in [0.25, 0.3) is 0 Å². The molecule has 7 heteroatoms. The van der Waals surface area contributed by atoms with E-state index in [9.17, 15) is 0 Å². The largest absolute Gasteiger partial charge is 0.497 e. The third kappa shape index (κ3) is 5.46. The fourth-order valence-corrected chi connectivity index (χ4v) is 3.07. The van der Waals surface area contributed by atoms with Crippen molar-refractivity contribution < 1.29 is 9.47 Å². The molecule has 0 spiro atoms. The molecule has 0 aliphatic carbocycles. The number of aromatic nitrogens is 2. The van der Waals surface area contributed by atoms with Crippen molar-refractivity contribution >= 4 is 23.8 Å². The van der Waals surface area contributed by atoms with Gasteiger partial charge in [0, 0.05) is 29.6 Å². The second-order valence-electron chi connectivity index (χ2n) is 5.48. The summed E-state index contributed by atoms with van der Waals surface area (Å²) < 4.78 is 10.5. The lowest BCUT2D eigenvalue weighted by atomic mass is 10.2. The molecule has 3 rings (SSSR count).